The fourth-order valence-corrected chi connectivity index (χ4v) is 1.47. The molecule has 0 atom stereocenters. The first-order chi connectivity index (χ1) is 7.18. The molecule has 2 aromatic heterocycles. The second kappa shape index (κ2) is 3.78. The number of thiocarbonyl (C=S) groups is 1. The smallest absolute Gasteiger partial charge is 0.234 e. The molecule has 0 fully saturated rings. The van der Waals surface area contributed by atoms with E-state index in [2.05, 4.69) is 9.97 Å². The van der Waals surface area contributed by atoms with Crippen molar-refractivity contribution >= 4 is 17.2 Å². The number of nitrogens with two attached hydrogens (primary N) is 1. The minimum Gasteiger partial charge on any atom is -0.388 e. The van der Waals surface area contributed by atoms with Crippen LogP contribution in [0.3, 0.4) is 0 Å². The molecule has 0 aliphatic rings. The van der Waals surface area contributed by atoms with E-state index in [1.807, 2.05) is 31.3 Å². The van der Waals surface area contributed by atoms with Gasteiger partial charge in [0.2, 0.25) is 5.95 Å². The molecule has 0 aromatic carbocycles. The van der Waals surface area contributed by atoms with E-state index < -0.39 is 0 Å². The third kappa shape index (κ3) is 1.87. The van der Waals surface area contributed by atoms with Crippen molar-refractivity contribution in [3.63, 3.8) is 0 Å². The molecule has 4 nitrogen and oxygen atoms in total. The molecule has 0 bridgehead atoms. The first-order valence-electron chi connectivity index (χ1n) is 4.45. The van der Waals surface area contributed by atoms with Gasteiger partial charge < -0.3 is 5.73 Å². The number of rotatable bonds is 2. The lowest BCUT2D eigenvalue weighted by Crippen LogP contribution is -2.15. The predicted octanol–water partition coefficient (Wildman–Crippen LogP) is 1.21. The quantitative estimate of drug-likeness (QED) is 0.770. The van der Waals surface area contributed by atoms with Crippen LogP contribution in [0.2, 0.25) is 0 Å². The minimum atomic E-state index is 0.338. The molecule has 2 rings (SSSR count). The van der Waals surface area contributed by atoms with Crippen LogP contribution in [0.15, 0.2) is 30.6 Å². The van der Waals surface area contributed by atoms with Gasteiger partial charge in [0.25, 0.3) is 0 Å². The maximum atomic E-state index is 5.59. The van der Waals surface area contributed by atoms with Gasteiger partial charge in [-0.2, -0.15) is 0 Å². The van der Waals surface area contributed by atoms with Gasteiger partial charge in [-0.05, 0) is 25.1 Å². The lowest BCUT2D eigenvalue weighted by atomic mass is 10.4. The van der Waals surface area contributed by atoms with Crippen LogP contribution in [-0.2, 0) is 0 Å². The monoisotopic (exact) mass is 218 g/mol. The Balaban J connectivity index is 2.54. The predicted molar refractivity (Wildman–Crippen MR) is 62.0 cm³/mol. The van der Waals surface area contributed by atoms with Gasteiger partial charge in [0.15, 0.2) is 0 Å². The van der Waals surface area contributed by atoms with Crippen LogP contribution in [0.25, 0.3) is 5.95 Å². The van der Waals surface area contributed by atoms with Crippen LogP contribution >= 0.6 is 12.2 Å². The van der Waals surface area contributed by atoms with Crippen molar-refractivity contribution in [3.8, 4) is 5.95 Å². The molecule has 2 heterocycles. The second-order valence-corrected chi connectivity index (χ2v) is 3.57. The molecule has 15 heavy (non-hydrogen) atoms. The van der Waals surface area contributed by atoms with Crippen LogP contribution in [-0.4, -0.2) is 19.5 Å². The summed E-state index contributed by atoms with van der Waals surface area (Å²) in [6, 6.07) is 5.54. The van der Waals surface area contributed by atoms with Gasteiger partial charge in [-0.3, -0.25) is 4.57 Å². The highest BCUT2D eigenvalue weighted by Gasteiger charge is 2.07. The Morgan fingerprint density at radius 3 is 2.93 bits per heavy atom. The van der Waals surface area contributed by atoms with Crippen LogP contribution in [0.4, 0.5) is 0 Å². The van der Waals surface area contributed by atoms with Crippen LogP contribution < -0.4 is 5.73 Å². The molecular weight excluding hydrogens is 208 g/mol. The van der Waals surface area contributed by atoms with Crippen LogP contribution in [0, 0.1) is 6.92 Å². The van der Waals surface area contributed by atoms with Crippen molar-refractivity contribution in [2.75, 3.05) is 0 Å². The van der Waals surface area contributed by atoms with E-state index in [1.165, 1.54) is 0 Å². The van der Waals surface area contributed by atoms with E-state index in [0.717, 1.165) is 11.4 Å². The Morgan fingerprint density at radius 1 is 1.47 bits per heavy atom. The normalized spacial score (nSPS) is 10.2. The van der Waals surface area contributed by atoms with E-state index in [9.17, 15) is 0 Å². The number of hydrogen-bond acceptors (Lipinski definition) is 3. The highest BCUT2D eigenvalue weighted by Crippen LogP contribution is 2.08. The van der Waals surface area contributed by atoms with E-state index in [1.54, 1.807) is 10.8 Å². The number of nitrogens with zero attached hydrogens (tertiary/aromatic N) is 3. The van der Waals surface area contributed by atoms with Gasteiger partial charge in [0.05, 0.1) is 5.69 Å². The average molecular weight is 218 g/mol. The molecule has 0 amide bonds. The van der Waals surface area contributed by atoms with Crippen molar-refractivity contribution in [3.05, 3.63) is 42.0 Å². The van der Waals surface area contributed by atoms with Gasteiger partial charge in [0, 0.05) is 18.1 Å². The standard InChI is InChI=1S/C10H10N4S/c1-7-4-5-12-10(13-7)14-6-2-3-8(14)9(11)15/h2-6H,1H3,(H2,11,15). The maximum absolute atomic E-state index is 5.59. The van der Waals surface area contributed by atoms with Gasteiger partial charge in [-0.1, -0.05) is 12.2 Å². The molecular formula is C10H10N4S. The molecule has 0 saturated heterocycles. The van der Waals surface area contributed by atoms with Gasteiger partial charge in [-0.25, -0.2) is 9.97 Å². The molecule has 2 N–H and O–H groups in total. The maximum Gasteiger partial charge on any atom is 0.234 e. The molecule has 0 aliphatic carbocycles. The summed E-state index contributed by atoms with van der Waals surface area (Å²) in [6.45, 7) is 1.91. The Labute approximate surface area is 92.8 Å². The zero-order chi connectivity index (χ0) is 10.8. The Bertz CT molecular complexity index is 504. The minimum absolute atomic E-state index is 0.338. The zero-order valence-corrected chi connectivity index (χ0v) is 9.03. The summed E-state index contributed by atoms with van der Waals surface area (Å²) in [6.07, 6.45) is 3.55. The first-order valence-corrected chi connectivity index (χ1v) is 4.86. The van der Waals surface area contributed by atoms with Crippen LogP contribution in [0.1, 0.15) is 11.4 Å². The van der Waals surface area contributed by atoms with Gasteiger partial charge in [-0.15, -0.1) is 0 Å². The molecule has 76 valence electrons. The Morgan fingerprint density at radius 2 is 2.27 bits per heavy atom. The summed E-state index contributed by atoms with van der Waals surface area (Å²) >= 11 is 4.94. The van der Waals surface area contributed by atoms with Crippen LogP contribution in [0.5, 0.6) is 0 Å². The average Bonchev–Trinajstić information content (AvgIpc) is 2.65. The van der Waals surface area contributed by atoms with Crippen molar-refractivity contribution in [2.45, 2.75) is 6.92 Å². The third-order valence-electron chi connectivity index (χ3n) is 2.00. The molecule has 0 radical (unpaired) electrons. The summed E-state index contributed by atoms with van der Waals surface area (Å²) < 4.78 is 1.77. The van der Waals surface area contributed by atoms with E-state index in [4.69, 9.17) is 18.0 Å². The number of aryl methyl sites for hydroxylation is 1. The Kier molecular flexibility index (Phi) is 2.47. The Hall–Kier alpha value is -1.75. The SMILES string of the molecule is Cc1ccnc(-n2cccc2C(N)=S)n1. The van der Waals surface area contributed by atoms with E-state index in [0.29, 0.717) is 10.9 Å². The fraction of sp³-hybridized carbons (Fsp3) is 0.100. The molecule has 0 aliphatic heterocycles. The topological polar surface area (TPSA) is 56.7 Å². The van der Waals surface area contributed by atoms with Crippen molar-refractivity contribution in [2.24, 2.45) is 5.73 Å². The summed E-state index contributed by atoms with van der Waals surface area (Å²) in [5.74, 6) is 0.586. The lowest BCUT2D eigenvalue weighted by molar-refractivity contribution is 0.911. The third-order valence-corrected chi connectivity index (χ3v) is 2.21. The van der Waals surface area contributed by atoms with E-state index >= 15 is 0 Å². The van der Waals surface area contributed by atoms with Crippen molar-refractivity contribution in [1.82, 2.24) is 14.5 Å². The summed E-state index contributed by atoms with van der Waals surface area (Å²) in [4.78, 5) is 8.80. The summed E-state index contributed by atoms with van der Waals surface area (Å²) in [5.41, 5.74) is 7.24. The second-order valence-electron chi connectivity index (χ2n) is 3.13. The molecule has 0 saturated carbocycles. The fourth-order valence-electron chi connectivity index (χ4n) is 1.31. The summed E-state index contributed by atoms with van der Waals surface area (Å²) in [7, 11) is 0. The zero-order valence-electron chi connectivity index (χ0n) is 8.21. The molecule has 0 unspecified atom stereocenters. The van der Waals surface area contributed by atoms with Gasteiger partial charge in [0.1, 0.15) is 4.99 Å². The first kappa shape index (κ1) is 9.79. The highest BCUT2D eigenvalue weighted by atomic mass is 32.1. The van der Waals surface area contributed by atoms with Crippen molar-refractivity contribution in [1.29, 1.82) is 0 Å². The lowest BCUT2D eigenvalue weighted by Gasteiger charge is -2.05. The largest absolute Gasteiger partial charge is 0.388 e. The summed E-state index contributed by atoms with van der Waals surface area (Å²) in [5, 5.41) is 0. The molecule has 5 heteroatoms. The highest BCUT2D eigenvalue weighted by molar-refractivity contribution is 7.80. The van der Waals surface area contributed by atoms with Gasteiger partial charge >= 0.3 is 0 Å². The number of aromatic nitrogens is 3. The molecule has 0 spiro atoms. The van der Waals surface area contributed by atoms with E-state index in [-0.39, 0.29) is 0 Å². The van der Waals surface area contributed by atoms with Crippen molar-refractivity contribution < 1.29 is 0 Å². The molecule has 2 aromatic rings. The number of hydrogen-bond donors (Lipinski definition) is 1.